The van der Waals surface area contributed by atoms with Crippen molar-refractivity contribution >= 4 is 23.0 Å². The molecule has 1 unspecified atom stereocenters. The summed E-state index contributed by atoms with van der Waals surface area (Å²) < 4.78 is 5.28. The van der Waals surface area contributed by atoms with Crippen LogP contribution in [0.2, 0.25) is 0 Å². The number of methoxy groups -OCH3 is 1. The van der Waals surface area contributed by atoms with Gasteiger partial charge in [0.15, 0.2) is 5.78 Å². The monoisotopic (exact) mass is 357 g/mol. The first-order chi connectivity index (χ1) is 12.1. The third-order valence-electron chi connectivity index (χ3n) is 4.80. The molecule has 1 aromatic carbocycles. The summed E-state index contributed by atoms with van der Waals surface area (Å²) in [5.74, 6) is 1.12. The van der Waals surface area contributed by atoms with E-state index in [0.29, 0.717) is 19.3 Å². The summed E-state index contributed by atoms with van der Waals surface area (Å²) in [7, 11) is 1.67. The van der Waals surface area contributed by atoms with Crippen LogP contribution >= 0.6 is 11.3 Å². The lowest BCUT2D eigenvalue weighted by Crippen LogP contribution is -2.38. The van der Waals surface area contributed by atoms with Crippen LogP contribution in [0.15, 0.2) is 35.7 Å². The second kappa shape index (κ2) is 7.83. The average molecular weight is 357 g/mol. The van der Waals surface area contributed by atoms with E-state index >= 15 is 0 Å². The lowest BCUT2D eigenvalue weighted by molar-refractivity contribution is -0.133. The number of nitrogens with zero attached hydrogens (tertiary/aromatic N) is 1. The largest absolute Gasteiger partial charge is 0.497 e. The number of ether oxygens (including phenoxy) is 1. The number of hydrogen-bond donors (Lipinski definition) is 0. The smallest absolute Gasteiger partial charge is 0.223 e. The van der Waals surface area contributed by atoms with E-state index < -0.39 is 0 Å². The Labute approximate surface area is 152 Å². The van der Waals surface area contributed by atoms with Crippen molar-refractivity contribution in [3.8, 4) is 5.75 Å². The Morgan fingerprint density at radius 2 is 2.12 bits per heavy atom. The molecule has 0 bridgehead atoms. The number of fused-ring (bicyclic) bond motifs is 1. The summed E-state index contributed by atoms with van der Waals surface area (Å²) >= 11 is 1.46. The first-order valence-corrected chi connectivity index (χ1v) is 9.51. The second-order valence-electron chi connectivity index (χ2n) is 6.33. The van der Waals surface area contributed by atoms with Crippen LogP contribution in [0.5, 0.6) is 5.75 Å². The van der Waals surface area contributed by atoms with Gasteiger partial charge in [-0.25, -0.2) is 0 Å². The number of Topliss-reactive ketones (excluding diaryl/α,β-unsaturated/α-hetero) is 1. The van der Waals surface area contributed by atoms with Crippen LogP contribution in [0.4, 0.5) is 0 Å². The molecule has 1 aromatic heterocycles. The molecule has 1 atom stereocenters. The molecule has 1 aliphatic rings. The summed E-state index contributed by atoms with van der Waals surface area (Å²) in [6.45, 7) is 2.79. The van der Waals surface area contributed by atoms with E-state index in [0.717, 1.165) is 23.6 Å². The van der Waals surface area contributed by atoms with Crippen molar-refractivity contribution in [2.75, 3.05) is 13.7 Å². The molecule has 0 aliphatic carbocycles. The van der Waals surface area contributed by atoms with Crippen LogP contribution in [0.25, 0.3) is 0 Å². The van der Waals surface area contributed by atoms with Crippen molar-refractivity contribution in [2.45, 2.75) is 38.6 Å². The summed E-state index contributed by atoms with van der Waals surface area (Å²) in [5, 5.41) is 1.90. The van der Waals surface area contributed by atoms with Gasteiger partial charge in [0.05, 0.1) is 18.0 Å². The normalized spacial score (nSPS) is 16.4. The maximum atomic E-state index is 12.6. The maximum absolute atomic E-state index is 12.6. The Kier molecular flexibility index (Phi) is 5.53. The van der Waals surface area contributed by atoms with Gasteiger partial charge in [0.2, 0.25) is 5.91 Å². The van der Waals surface area contributed by atoms with Crippen molar-refractivity contribution < 1.29 is 14.3 Å². The fourth-order valence-corrected chi connectivity index (χ4v) is 4.07. The van der Waals surface area contributed by atoms with Gasteiger partial charge in [-0.05, 0) is 54.5 Å². The predicted molar refractivity (Wildman–Crippen MR) is 99.3 cm³/mol. The van der Waals surface area contributed by atoms with Gasteiger partial charge >= 0.3 is 0 Å². The Balaban J connectivity index is 1.56. The molecular weight excluding hydrogens is 334 g/mol. The molecule has 1 aliphatic heterocycles. The Bertz CT molecular complexity index is 754. The molecule has 3 rings (SSSR count). The van der Waals surface area contributed by atoms with E-state index in [1.54, 1.807) is 7.11 Å². The maximum Gasteiger partial charge on any atom is 0.223 e. The quantitative estimate of drug-likeness (QED) is 0.726. The van der Waals surface area contributed by atoms with Crippen LogP contribution < -0.4 is 4.74 Å². The second-order valence-corrected chi connectivity index (χ2v) is 7.28. The Morgan fingerprint density at radius 3 is 2.84 bits per heavy atom. The highest BCUT2D eigenvalue weighted by Gasteiger charge is 2.27. The molecule has 0 radical (unpaired) electrons. The van der Waals surface area contributed by atoms with Crippen molar-refractivity contribution in [3.63, 3.8) is 0 Å². The fraction of sp³-hybridized carbons (Fsp3) is 0.400. The molecule has 2 aromatic rings. The van der Waals surface area contributed by atoms with E-state index in [2.05, 4.69) is 19.1 Å². The van der Waals surface area contributed by atoms with Gasteiger partial charge in [-0.2, -0.15) is 0 Å². The SMILES string of the molecule is COc1ccc2c(c1)CCN(C(=O)CCCC(=O)c1cccs1)C2C. The molecule has 0 spiro atoms. The zero-order valence-electron chi connectivity index (χ0n) is 14.7. The molecule has 0 saturated heterocycles. The summed E-state index contributed by atoms with van der Waals surface area (Å²) in [5.41, 5.74) is 2.44. The Morgan fingerprint density at radius 1 is 1.28 bits per heavy atom. The number of thiophene rings is 1. The molecule has 4 nitrogen and oxygen atoms in total. The minimum atomic E-state index is 0.0650. The topological polar surface area (TPSA) is 46.6 Å². The molecular formula is C20H23NO3S. The lowest BCUT2D eigenvalue weighted by atomic mass is 9.93. The number of rotatable bonds is 6. The zero-order chi connectivity index (χ0) is 17.8. The number of amides is 1. The minimum Gasteiger partial charge on any atom is -0.497 e. The van der Waals surface area contributed by atoms with E-state index in [4.69, 9.17) is 4.74 Å². The van der Waals surface area contributed by atoms with Gasteiger partial charge in [-0.3, -0.25) is 9.59 Å². The lowest BCUT2D eigenvalue weighted by Gasteiger charge is -2.35. The van der Waals surface area contributed by atoms with E-state index in [1.165, 1.54) is 22.5 Å². The highest BCUT2D eigenvalue weighted by molar-refractivity contribution is 7.12. The molecule has 0 saturated carbocycles. The van der Waals surface area contributed by atoms with Crippen LogP contribution in [-0.4, -0.2) is 30.2 Å². The summed E-state index contributed by atoms with van der Waals surface area (Å²) in [6, 6.07) is 9.85. The Hall–Kier alpha value is -2.14. The third-order valence-corrected chi connectivity index (χ3v) is 5.71. The number of carbonyl (C=O) groups is 2. The van der Waals surface area contributed by atoms with Gasteiger partial charge in [0, 0.05) is 19.4 Å². The van der Waals surface area contributed by atoms with Crippen molar-refractivity contribution in [1.29, 1.82) is 0 Å². The number of ketones is 1. The zero-order valence-corrected chi connectivity index (χ0v) is 15.5. The van der Waals surface area contributed by atoms with E-state index in [-0.39, 0.29) is 17.7 Å². The van der Waals surface area contributed by atoms with Crippen molar-refractivity contribution in [1.82, 2.24) is 4.90 Å². The molecule has 0 fully saturated rings. The predicted octanol–water partition coefficient (Wildman–Crippen LogP) is 4.26. The number of hydrogen-bond acceptors (Lipinski definition) is 4. The standard InChI is InChI=1S/C20H23NO3S/c1-14-17-9-8-16(24-2)13-15(17)10-11-21(14)20(23)7-3-5-18(22)19-6-4-12-25-19/h4,6,8-9,12-14H,3,5,7,10-11H2,1-2H3. The van der Waals surface area contributed by atoms with Gasteiger partial charge < -0.3 is 9.64 Å². The van der Waals surface area contributed by atoms with Crippen LogP contribution in [0, 0.1) is 0 Å². The van der Waals surface area contributed by atoms with Crippen LogP contribution in [0.3, 0.4) is 0 Å². The van der Waals surface area contributed by atoms with Gasteiger partial charge in [0.25, 0.3) is 0 Å². The van der Waals surface area contributed by atoms with Gasteiger partial charge in [-0.15, -0.1) is 11.3 Å². The highest BCUT2D eigenvalue weighted by atomic mass is 32.1. The average Bonchev–Trinajstić information content (AvgIpc) is 3.16. The fourth-order valence-electron chi connectivity index (χ4n) is 3.38. The highest BCUT2D eigenvalue weighted by Crippen LogP contribution is 2.32. The third kappa shape index (κ3) is 3.93. The van der Waals surface area contributed by atoms with E-state index in [1.807, 2.05) is 28.5 Å². The van der Waals surface area contributed by atoms with Gasteiger partial charge in [-0.1, -0.05) is 12.1 Å². The van der Waals surface area contributed by atoms with Gasteiger partial charge in [0.1, 0.15) is 5.75 Å². The van der Waals surface area contributed by atoms with E-state index in [9.17, 15) is 9.59 Å². The molecule has 25 heavy (non-hydrogen) atoms. The molecule has 2 heterocycles. The molecule has 1 amide bonds. The van der Waals surface area contributed by atoms with Crippen molar-refractivity contribution in [3.05, 3.63) is 51.7 Å². The summed E-state index contributed by atoms with van der Waals surface area (Å²) in [6.07, 6.45) is 2.31. The first-order valence-electron chi connectivity index (χ1n) is 8.63. The van der Waals surface area contributed by atoms with Crippen LogP contribution in [-0.2, 0) is 11.2 Å². The molecule has 5 heteroatoms. The number of benzene rings is 1. The molecule has 0 N–H and O–H groups in total. The van der Waals surface area contributed by atoms with Crippen LogP contribution in [0.1, 0.15) is 53.0 Å². The minimum absolute atomic E-state index is 0.0650. The van der Waals surface area contributed by atoms with Crippen molar-refractivity contribution in [2.24, 2.45) is 0 Å². The molecule has 132 valence electrons. The number of carbonyl (C=O) groups excluding carboxylic acids is 2. The first kappa shape index (κ1) is 17.7. The summed E-state index contributed by atoms with van der Waals surface area (Å²) in [4.78, 5) is 27.3.